The van der Waals surface area contributed by atoms with Gasteiger partial charge in [0.05, 0.1) is 0 Å². The smallest absolute Gasteiger partial charge is 0.292 e. The van der Waals surface area contributed by atoms with Gasteiger partial charge in [0.15, 0.2) is 5.44 Å². The van der Waals surface area contributed by atoms with E-state index < -0.39 is 15.6 Å². The second-order valence-electron chi connectivity index (χ2n) is 6.36. The van der Waals surface area contributed by atoms with Gasteiger partial charge in [-0.05, 0) is 44.9 Å². The minimum absolute atomic E-state index is 0.381. The molecule has 2 atom stereocenters. The standard InChI is InChI=1S/C20H36O4S/c1-3-5-6-7-8-9-10-11-12-13-14-15-16-17-18-19(4-2)20(21)25(22,23)24/h5-6,8-9,11-12,19-21H,3-4,7,10,13-18H2,1-2H3,(H,22,23,24). The van der Waals surface area contributed by atoms with Crippen molar-refractivity contribution in [1.82, 2.24) is 0 Å². The molecule has 0 radical (unpaired) electrons. The van der Waals surface area contributed by atoms with Gasteiger partial charge in [0.2, 0.25) is 0 Å². The number of rotatable bonds is 15. The summed E-state index contributed by atoms with van der Waals surface area (Å²) in [7, 11) is -4.35. The predicted molar refractivity (Wildman–Crippen MR) is 106 cm³/mol. The Labute approximate surface area is 154 Å². The molecule has 0 bridgehead atoms. The van der Waals surface area contributed by atoms with Gasteiger partial charge in [-0.25, -0.2) is 0 Å². The molecule has 0 aliphatic carbocycles. The maximum Gasteiger partial charge on any atom is 0.292 e. The van der Waals surface area contributed by atoms with Crippen molar-refractivity contribution in [3.8, 4) is 0 Å². The van der Waals surface area contributed by atoms with Crippen LogP contribution >= 0.6 is 0 Å². The van der Waals surface area contributed by atoms with Crippen LogP contribution in [0.4, 0.5) is 0 Å². The molecule has 0 saturated carbocycles. The SMILES string of the molecule is CCC=CCC=CCC=CCCCCCCC(CC)C(O)S(=O)(=O)O. The van der Waals surface area contributed by atoms with E-state index in [9.17, 15) is 13.5 Å². The molecule has 5 heteroatoms. The molecule has 0 aliphatic rings. The first-order chi connectivity index (χ1) is 11.9. The van der Waals surface area contributed by atoms with E-state index in [4.69, 9.17) is 4.55 Å². The number of aliphatic hydroxyl groups is 1. The van der Waals surface area contributed by atoms with Gasteiger partial charge in [-0.1, -0.05) is 69.6 Å². The third-order valence-corrected chi connectivity index (χ3v) is 5.20. The molecule has 4 nitrogen and oxygen atoms in total. The van der Waals surface area contributed by atoms with E-state index in [1.54, 1.807) is 0 Å². The Morgan fingerprint density at radius 1 is 0.840 bits per heavy atom. The summed E-state index contributed by atoms with van der Waals surface area (Å²) in [4.78, 5) is 0. The summed E-state index contributed by atoms with van der Waals surface area (Å²) in [6.07, 6.45) is 22.6. The third kappa shape index (κ3) is 14.0. The van der Waals surface area contributed by atoms with Crippen LogP contribution in [0.5, 0.6) is 0 Å². The van der Waals surface area contributed by atoms with Crippen molar-refractivity contribution in [2.24, 2.45) is 5.92 Å². The van der Waals surface area contributed by atoms with Crippen molar-refractivity contribution >= 4 is 10.1 Å². The Morgan fingerprint density at radius 2 is 1.40 bits per heavy atom. The lowest BCUT2D eigenvalue weighted by Crippen LogP contribution is -2.28. The van der Waals surface area contributed by atoms with Gasteiger partial charge in [-0.15, -0.1) is 0 Å². The van der Waals surface area contributed by atoms with Gasteiger partial charge in [0.25, 0.3) is 10.1 Å². The maximum atomic E-state index is 11.0. The zero-order chi connectivity index (χ0) is 19.0. The molecule has 25 heavy (non-hydrogen) atoms. The average Bonchev–Trinajstić information content (AvgIpc) is 2.57. The van der Waals surface area contributed by atoms with Crippen LogP contribution in [0.1, 0.15) is 78.1 Å². The predicted octanol–water partition coefficient (Wildman–Crippen LogP) is 5.42. The van der Waals surface area contributed by atoms with Gasteiger partial charge in [-0.3, -0.25) is 4.55 Å². The maximum absolute atomic E-state index is 11.0. The lowest BCUT2D eigenvalue weighted by molar-refractivity contribution is 0.156. The first-order valence-electron chi connectivity index (χ1n) is 9.52. The molecule has 0 aromatic heterocycles. The highest BCUT2D eigenvalue weighted by molar-refractivity contribution is 7.86. The van der Waals surface area contributed by atoms with Crippen LogP contribution in [0.15, 0.2) is 36.5 Å². The average molecular weight is 373 g/mol. The topological polar surface area (TPSA) is 74.6 Å². The minimum atomic E-state index is -4.35. The Kier molecular flexibility index (Phi) is 14.8. The molecule has 0 saturated heterocycles. The highest BCUT2D eigenvalue weighted by Crippen LogP contribution is 2.21. The first kappa shape index (κ1) is 24.1. The summed E-state index contributed by atoms with van der Waals surface area (Å²) in [5.74, 6) is -0.381. The van der Waals surface area contributed by atoms with Gasteiger partial charge in [0, 0.05) is 5.92 Å². The molecule has 0 fully saturated rings. The van der Waals surface area contributed by atoms with Crippen LogP contribution in [-0.4, -0.2) is 23.5 Å². The first-order valence-corrected chi connectivity index (χ1v) is 11.0. The van der Waals surface area contributed by atoms with E-state index in [-0.39, 0.29) is 5.92 Å². The molecule has 0 rings (SSSR count). The largest absolute Gasteiger partial charge is 0.375 e. The third-order valence-electron chi connectivity index (χ3n) is 4.21. The van der Waals surface area contributed by atoms with Gasteiger partial charge >= 0.3 is 0 Å². The van der Waals surface area contributed by atoms with Crippen LogP contribution < -0.4 is 0 Å². The lowest BCUT2D eigenvalue weighted by atomic mass is 9.98. The normalized spacial score (nSPS) is 15.5. The number of aliphatic hydroxyl groups excluding tert-OH is 1. The molecule has 2 N–H and O–H groups in total. The second kappa shape index (κ2) is 15.4. The summed E-state index contributed by atoms with van der Waals surface area (Å²) in [6, 6.07) is 0. The highest BCUT2D eigenvalue weighted by Gasteiger charge is 2.27. The van der Waals surface area contributed by atoms with Crippen molar-refractivity contribution in [2.75, 3.05) is 0 Å². The Hall–Kier alpha value is -0.910. The zero-order valence-electron chi connectivity index (χ0n) is 15.8. The van der Waals surface area contributed by atoms with E-state index in [1.807, 2.05) is 6.92 Å². The molecule has 0 aromatic carbocycles. The summed E-state index contributed by atoms with van der Waals surface area (Å²) in [5.41, 5.74) is -1.65. The summed E-state index contributed by atoms with van der Waals surface area (Å²) >= 11 is 0. The van der Waals surface area contributed by atoms with Crippen LogP contribution in [0.3, 0.4) is 0 Å². The monoisotopic (exact) mass is 372 g/mol. The van der Waals surface area contributed by atoms with Crippen LogP contribution in [0, 0.1) is 5.92 Å². The van der Waals surface area contributed by atoms with Crippen molar-refractivity contribution in [3.05, 3.63) is 36.5 Å². The molecule has 0 amide bonds. The Balaban J connectivity index is 3.66. The fourth-order valence-corrected chi connectivity index (χ4v) is 3.46. The zero-order valence-corrected chi connectivity index (χ0v) is 16.6. The fourth-order valence-electron chi connectivity index (χ4n) is 2.64. The van der Waals surface area contributed by atoms with E-state index >= 15 is 0 Å². The van der Waals surface area contributed by atoms with Gasteiger partial charge < -0.3 is 5.11 Å². The Bertz CT molecular complexity index is 492. The van der Waals surface area contributed by atoms with E-state index in [2.05, 4.69) is 43.4 Å². The van der Waals surface area contributed by atoms with Gasteiger partial charge in [-0.2, -0.15) is 8.42 Å². The van der Waals surface area contributed by atoms with Crippen molar-refractivity contribution < 1.29 is 18.1 Å². The van der Waals surface area contributed by atoms with Crippen molar-refractivity contribution in [3.63, 3.8) is 0 Å². The number of hydrogen-bond donors (Lipinski definition) is 2. The van der Waals surface area contributed by atoms with E-state index in [0.717, 1.165) is 51.4 Å². The molecule has 0 spiro atoms. The molecule has 2 unspecified atom stereocenters. The van der Waals surface area contributed by atoms with Crippen molar-refractivity contribution in [2.45, 2.75) is 83.5 Å². The van der Waals surface area contributed by atoms with E-state index in [0.29, 0.717) is 12.8 Å². The molecular formula is C20H36O4S. The number of allylic oxidation sites excluding steroid dienone is 6. The number of unbranched alkanes of at least 4 members (excludes halogenated alkanes) is 4. The highest BCUT2D eigenvalue weighted by atomic mass is 32.2. The van der Waals surface area contributed by atoms with Crippen LogP contribution in [-0.2, 0) is 10.1 Å². The Morgan fingerprint density at radius 3 is 1.96 bits per heavy atom. The van der Waals surface area contributed by atoms with Gasteiger partial charge in [0.1, 0.15) is 0 Å². The minimum Gasteiger partial charge on any atom is -0.375 e. The molecule has 0 aliphatic heterocycles. The quantitative estimate of drug-likeness (QED) is 0.229. The molecule has 0 heterocycles. The molecular weight excluding hydrogens is 336 g/mol. The van der Waals surface area contributed by atoms with E-state index in [1.165, 1.54) is 0 Å². The lowest BCUT2D eigenvalue weighted by Gasteiger charge is -2.18. The van der Waals surface area contributed by atoms with Crippen LogP contribution in [0.25, 0.3) is 0 Å². The molecule has 146 valence electrons. The summed E-state index contributed by atoms with van der Waals surface area (Å²) < 4.78 is 30.8. The number of hydrogen-bond acceptors (Lipinski definition) is 3. The molecule has 0 aromatic rings. The fraction of sp³-hybridized carbons (Fsp3) is 0.700. The van der Waals surface area contributed by atoms with Crippen molar-refractivity contribution in [1.29, 1.82) is 0 Å². The summed E-state index contributed by atoms with van der Waals surface area (Å²) in [5, 5.41) is 9.59. The van der Waals surface area contributed by atoms with Crippen LogP contribution in [0.2, 0.25) is 0 Å². The second-order valence-corrected chi connectivity index (χ2v) is 7.87. The summed E-state index contributed by atoms with van der Waals surface area (Å²) in [6.45, 7) is 3.96.